The van der Waals surface area contributed by atoms with Crippen molar-refractivity contribution in [2.45, 2.75) is 23.8 Å². The first-order valence-corrected chi connectivity index (χ1v) is 8.68. The molecule has 2 atom stereocenters. The van der Waals surface area contributed by atoms with Crippen LogP contribution in [0.15, 0.2) is 23.1 Å². The Kier molecular flexibility index (Phi) is 4.51. The highest BCUT2D eigenvalue weighted by molar-refractivity contribution is 7.90. The molecule has 1 saturated carbocycles. The first kappa shape index (κ1) is 16.8. The van der Waals surface area contributed by atoms with E-state index >= 15 is 0 Å². The molecule has 1 aromatic carbocycles. The second-order valence-electron chi connectivity index (χ2n) is 5.13. The number of Topliss-reactive ketones (excluding diaryl/α,β-unsaturated/α-hetero) is 3. The largest absolute Gasteiger partial charge is 0.385 e. The van der Waals surface area contributed by atoms with E-state index in [-0.39, 0.29) is 28.3 Å². The molecule has 118 valence electrons. The number of halogens is 1. The number of ketones is 3. The van der Waals surface area contributed by atoms with E-state index in [1.54, 1.807) is 0 Å². The minimum absolute atomic E-state index is 0.00218. The van der Waals surface area contributed by atoms with Gasteiger partial charge in [-0.15, -0.1) is 0 Å². The smallest absolute Gasteiger partial charge is 0.182 e. The molecule has 1 aliphatic carbocycles. The van der Waals surface area contributed by atoms with Crippen molar-refractivity contribution in [3.8, 4) is 0 Å². The first-order valence-electron chi connectivity index (χ1n) is 6.41. The summed E-state index contributed by atoms with van der Waals surface area (Å²) in [5.41, 5.74) is -0.116. The van der Waals surface area contributed by atoms with Gasteiger partial charge in [-0.3, -0.25) is 14.4 Å². The fourth-order valence-corrected chi connectivity index (χ4v) is 3.26. The Morgan fingerprint density at radius 1 is 1.32 bits per heavy atom. The third-order valence-corrected chi connectivity index (χ3v) is 4.92. The summed E-state index contributed by atoms with van der Waals surface area (Å²) in [5, 5.41) is 9.36. The number of aliphatic hydroxyl groups excluding tert-OH is 1. The summed E-state index contributed by atoms with van der Waals surface area (Å²) in [5.74, 6) is -3.81. The molecule has 0 radical (unpaired) electrons. The molecule has 6 nitrogen and oxygen atoms in total. The van der Waals surface area contributed by atoms with Crippen LogP contribution in [0.4, 0.5) is 0 Å². The average Bonchev–Trinajstić information content (AvgIpc) is 2.42. The minimum atomic E-state index is -3.49. The zero-order valence-electron chi connectivity index (χ0n) is 11.6. The lowest BCUT2D eigenvalue weighted by molar-refractivity contribution is -0.140. The number of sulfone groups is 1. The average molecular weight is 345 g/mol. The maximum atomic E-state index is 12.4. The molecular formula is C14H13ClO6S. The molecule has 0 saturated heterocycles. The van der Waals surface area contributed by atoms with E-state index in [4.69, 9.17) is 11.6 Å². The fourth-order valence-electron chi connectivity index (χ4n) is 2.27. The zero-order valence-corrected chi connectivity index (χ0v) is 13.1. The van der Waals surface area contributed by atoms with Gasteiger partial charge in [-0.2, -0.15) is 0 Å². The fraction of sp³-hybridized carbons (Fsp3) is 0.357. The summed E-state index contributed by atoms with van der Waals surface area (Å²) in [6, 6.07) is 3.45. The molecule has 0 amide bonds. The number of hydrogen-bond acceptors (Lipinski definition) is 6. The van der Waals surface area contributed by atoms with E-state index in [0.717, 1.165) is 12.3 Å². The minimum Gasteiger partial charge on any atom is -0.385 e. The summed E-state index contributed by atoms with van der Waals surface area (Å²) in [4.78, 5) is 36.0. The van der Waals surface area contributed by atoms with Crippen molar-refractivity contribution in [3.63, 3.8) is 0 Å². The molecular weight excluding hydrogens is 332 g/mol. The van der Waals surface area contributed by atoms with Gasteiger partial charge in [0, 0.05) is 18.2 Å². The molecule has 1 fully saturated rings. The van der Waals surface area contributed by atoms with Crippen LogP contribution in [0.3, 0.4) is 0 Å². The predicted octanol–water partition coefficient (Wildman–Crippen LogP) is 0.835. The molecule has 2 rings (SSSR count). The van der Waals surface area contributed by atoms with Crippen LogP contribution in [0.1, 0.15) is 23.2 Å². The third-order valence-electron chi connectivity index (χ3n) is 3.50. The van der Waals surface area contributed by atoms with E-state index in [1.165, 1.54) is 12.1 Å². The van der Waals surface area contributed by atoms with E-state index < -0.39 is 39.2 Å². The maximum Gasteiger partial charge on any atom is 0.182 e. The molecule has 1 aromatic rings. The van der Waals surface area contributed by atoms with Gasteiger partial charge >= 0.3 is 0 Å². The summed E-state index contributed by atoms with van der Waals surface area (Å²) in [6.07, 6.45) is -0.421. The Morgan fingerprint density at radius 3 is 2.50 bits per heavy atom. The summed E-state index contributed by atoms with van der Waals surface area (Å²) in [7, 11) is -3.49. The van der Waals surface area contributed by atoms with Crippen LogP contribution in [-0.2, 0) is 19.4 Å². The number of hydrogen-bond donors (Lipinski definition) is 1. The predicted molar refractivity (Wildman–Crippen MR) is 77.6 cm³/mol. The Bertz CT molecular complexity index is 768. The lowest BCUT2D eigenvalue weighted by atomic mass is 9.80. The van der Waals surface area contributed by atoms with Crippen molar-refractivity contribution in [1.29, 1.82) is 0 Å². The standard InChI is InChI=1S/C14H13ClO6S/c1-22(20,21)7-2-3-8(9(15)6-7)13(18)12-10(16)4-5-11(17)14(12)19/h2-3,6,11-12,17H,4-5H2,1H3. The van der Waals surface area contributed by atoms with Gasteiger partial charge < -0.3 is 5.11 Å². The number of benzene rings is 1. The van der Waals surface area contributed by atoms with Gasteiger partial charge in [0.15, 0.2) is 27.2 Å². The van der Waals surface area contributed by atoms with Gasteiger partial charge in [0.2, 0.25) is 0 Å². The van der Waals surface area contributed by atoms with Crippen LogP contribution >= 0.6 is 11.6 Å². The van der Waals surface area contributed by atoms with Gasteiger partial charge in [0.1, 0.15) is 12.0 Å². The summed E-state index contributed by atoms with van der Waals surface area (Å²) in [6.45, 7) is 0. The van der Waals surface area contributed by atoms with Crippen molar-refractivity contribution in [2.75, 3.05) is 6.26 Å². The quantitative estimate of drug-likeness (QED) is 0.643. The Balaban J connectivity index is 2.41. The highest BCUT2D eigenvalue weighted by Crippen LogP contribution is 2.27. The third kappa shape index (κ3) is 3.11. The highest BCUT2D eigenvalue weighted by atomic mass is 35.5. The Labute approximate surface area is 132 Å². The zero-order chi connectivity index (χ0) is 16.7. The molecule has 0 aromatic heterocycles. The van der Waals surface area contributed by atoms with Gasteiger partial charge in [-0.05, 0) is 24.6 Å². The van der Waals surface area contributed by atoms with Crippen molar-refractivity contribution in [2.24, 2.45) is 5.92 Å². The lowest BCUT2D eigenvalue weighted by Crippen LogP contribution is -2.43. The SMILES string of the molecule is CS(=O)(=O)c1ccc(C(=O)C2C(=O)CCC(O)C2=O)c(Cl)c1. The van der Waals surface area contributed by atoms with Crippen LogP contribution < -0.4 is 0 Å². The number of rotatable bonds is 3. The van der Waals surface area contributed by atoms with Gasteiger partial charge in [0.05, 0.1) is 9.92 Å². The van der Waals surface area contributed by atoms with Gasteiger partial charge in [-0.1, -0.05) is 11.6 Å². The normalized spacial score (nSPS) is 22.7. The molecule has 22 heavy (non-hydrogen) atoms. The number of aliphatic hydroxyl groups is 1. The molecule has 2 unspecified atom stereocenters. The second-order valence-corrected chi connectivity index (χ2v) is 7.56. The van der Waals surface area contributed by atoms with Crippen LogP contribution in [0, 0.1) is 5.92 Å². The molecule has 8 heteroatoms. The van der Waals surface area contributed by atoms with Crippen molar-refractivity contribution >= 4 is 38.8 Å². The highest BCUT2D eigenvalue weighted by Gasteiger charge is 2.41. The number of carbonyl (C=O) groups is 3. The van der Waals surface area contributed by atoms with Gasteiger partial charge in [0.25, 0.3) is 0 Å². The van der Waals surface area contributed by atoms with Crippen LogP contribution in [-0.4, -0.2) is 43.2 Å². The number of carbonyl (C=O) groups excluding carboxylic acids is 3. The topological polar surface area (TPSA) is 106 Å². The van der Waals surface area contributed by atoms with E-state index in [9.17, 15) is 27.9 Å². The van der Waals surface area contributed by atoms with Crippen molar-refractivity contribution < 1.29 is 27.9 Å². The van der Waals surface area contributed by atoms with Gasteiger partial charge in [-0.25, -0.2) is 8.42 Å². The van der Waals surface area contributed by atoms with Crippen molar-refractivity contribution in [3.05, 3.63) is 28.8 Å². The van der Waals surface area contributed by atoms with E-state index in [2.05, 4.69) is 0 Å². The maximum absolute atomic E-state index is 12.4. The van der Waals surface area contributed by atoms with Crippen LogP contribution in [0.5, 0.6) is 0 Å². The summed E-state index contributed by atoms with van der Waals surface area (Å²) >= 11 is 5.91. The Morgan fingerprint density at radius 2 is 1.95 bits per heavy atom. The molecule has 1 aliphatic rings. The lowest BCUT2D eigenvalue weighted by Gasteiger charge is -2.22. The second kappa shape index (κ2) is 5.91. The van der Waals surface area contributed by atoms with E-state index in [1.807, 2.05) is 0 Å². The molecule has 0 aliphatic heterocycles. The molecule has 0 spiro atoms. The van der Waals surface area contributed by atoms with Crippen molar-refractivity contribution in [1.82, 2.24) is 0 Å². The summed E-state index contributed by atoms with van der Waals surface area (Å²) < 4.78 is 22.9. The van der Waals surface area contributed by atoms with E-state index in [0.29, 0.717) is 0 Å². The van der Waals surface area contributed by atoms with Crippen LogP contribution in [0.25, 0.3) is 0 Å². The monoisotopic (exact) mass is 344 g/mol. The molecule has 0 heterocycles. The first-order chi connectivity index (χ1) is 10.1. The molecule has 1 N–H and O–H groups in total. The molecule has 0 bridgehead atoms. The Hall–Kier alpha value is -1.57. The van der Waals surface area contributed by atoms with Crippen LogP contribution in [0.2, 0.25) is 5.02 Å².